The monoisotopic (exact) mass is 404 g/mol. The summed E-state index contributed by atoms with van der Waals surface area (Å²) >= 11 is 0. The summed E-state index contributed by atoms with van der Waals surface area (Å²) in [6, 6.07) is 11.7. The molecule has 0 bridgehead atoms. The second kappa shape index (κ2) is 8.14. The van der Waals surface area contributed by atoms with E-state index in [4.69, 9.17) is 9.40 Å². The van der Waals surface area contributed by atoms with Gasteiger partial charge in [-0.05, 0) is 43.5 Å². The number of hydrogen-bond acceptors (Lipinski definition) is 6. The molecule has 8 nitrogen and oxygen atoms in total. The van der Waals surface area contributed by atoms with E-state index >= 15 is 0 Å². The molecule has 0 aliphatic carbocycles. The molecule has 1 amide bonds. The molecule has 1 aromatic carbocycles. The van der Waals surface area contributed by atoms with E-state index in [1.165, 1.54) is 6.42 Å². The first-order valence-corrected chi connectivity index (χ1v) is 10.5. The van der Waals surface area contributed by atoms with E-state index in [1.807, 2.05) is 36.4 Å². The third-order valence-electron chi connectivity index (χ3n) is 5.55. The molecule has 1 fully saturated rings. The number of furan rings is 1. The minimum atomic E-state index is -0.0437. The van der Waals surface area contributed by atoms with Crippen LogP contribution in [-0.2, 0) is 17.8 Å². The van der Waals surface area contributed by atoms with Crippen molar-refractivity contribution in [2.75, 3.05) is 18.0 Å². The molecule has 0 spiro atoms. The van der Waals surface area contributed by atoms with E-state index in [1.54, 1.807) is 6.26 Å². The Hall–Kier alpha value is -3.42. The number of carbonyl (C=O) groups excluding carboxylic acids is 1. The van der Waals surface area contributed by atoms with Crippen LogP contribution < -0.4 is 10.2 Å². The zero-order chi connectivity index (χ0) is 20.3. The number of aryl methyl sites for hydroxylation is 1. The van der Waals surface area contributed by atoms with E-state index in [0.29, 0.717) is 19.4 Å². The molecule has 154 valence electrons. The molecule has 0 unspecified atom stereocenters. The SMILES string of the molecule is O=C(CCc1nnc2c(N3CCCCC3)nc3ccccc3n12)NCc1ccco1. The van der Waals surface area contributed by atoms with Gasteiger partial charge in [-0.3, -0.25) is 9.20 Å². The Morgan fingerprint density at radius 1 is 1.07 bits per heavy atom. The number of benzene rings is 1. The van der Waals surface area contributed by atoms with Gasteiger partial charge < -0.3 is 14.6 Å². The number of nitrogens with one attached hydrogen (secondary N) is 1. The molecular weight excluding hydrogens is 380 g/mol. The molecule has 5 rings (SSSR count). The number of amides is 1. The Kier molecular flexibility index (Phi) is 5.04. The molecule has 1 aliphatic heterocycles. The molecule has 4 heterocycles. The number of nitrogens with zero attached hydrogens (tertiary/aromatic N) is 5. The number of piperidine rings is 1. The summed E-state index contributed by atoms with van der Waals surface area (Å²) in [5.74, 6) is 2.35. The predicted molar refractivity (Wildman–Crippen MR) is 113 cm³/mol. The summed E-state index contributed by atoms with van der Waals surface area (Å²) in [4.78, 5) is 19.5. The minimum absolute atomic E-state index is 0.0437. The Bertz CT molecular complexity index is 1160. The van der Waals surface area contributed by atoms with Crippen molar-refractivity contribution in [2.45, 2.75) is 38.6 Å². The average molecular weight is 404 g/mol. The van der Waals surface area contributed by atoms with E-state index in [-0.39, 0.29) is 5.91 Å². The summed E-state index contributed by atoms with van der Waals surface area (Å²) in [7, 11) is 0. The van der Waals surface area contributed by atoms with Gasteiger partial charge in [0.2, 0.25) is 11.6 Å². The number of fused-ring (bicyclic) bond motifs is 3. The maximum Gasteiger partial charge on any atom is 0.220 e. The first kappa shape index (κ1) is 18.6. The van der Waals surface area contributed by atoms with Crippen LogP contribution in [0.3, 0.4) is 0 Å². The summed E-state index contributed by atoms with van der Waals surface area (Å²) in [5.41, 5.74) is 2.64. The summed E-state index contributed by atoms with van der Waals surface area (Å²) in [6.45, 7) is 2.36. The van der Waals surface area contributed by atoms with Gasteiger partial charge in [0.1, 0.15) is 11.6 Å². The van der Waals surface area contributed by atoms with E-state index in [2.05, 4.69) is 24.8 Å². The van der Waals surface area contributed by atoms with Gasteiger partial charge in [-0.1, -0.05) is 12.1 Å². The lowest BCUT2D eigenvalue weighted by atomic mass is 10.1. The van der Waals surface area contributed by atoms with Crippen LogP contribution in [0.5, 0.6) is 0 Å². The Morgan fingerprint density at radius 3 is 2.77 bits per heavy atom. The Labute approximate surface area is 173 Å². The fraction of sp³-hybridized carbons (Fsp3) is 0.364. The molecule has 1 N–H and O–H groups in total. The van der Waals surface area contributed by atoms with Gasteiger partial charge in [0.15, 0.2) is 5.82 Å². The van der Waals surface area contributed by atoms with Crippen LogP contribution in [-0.4, -0.2) is 38.6 Å². The highest BCUT2D eigenvalue weighted by molar-refractivity contribution is 5.83. The van der Waals surface area contributed by atoms with Crippen LogP contribution in [0.15, 0.2) is 47.1 Å². The molecule has 0 saturated carbocycles. The van der Waals surface area contributed by atoms with Gasteiger partial charge in [-0.2, -0.15) is 0 Å². The molecular formula is C22H24N6O2. The van der Waals surface area contributed by atoms with E-state index in [9.17, 15) is 4.79 Å². The van der Waals surface area contributed by atoms with Crippen LogP contribution in [0.4, 0.5) is 5.82 Å². The van der Waals surface area contributed by atoms with Crippen molar-refractivity contribution in [3.8, 4) is 0 Å². The average Bonchev–Trinajstić information content (AvgIpc) is 3.46. The van der Waals surface area contributed by atoms with E-state index < -0.39 is 0 Å². The summed E-state index contributed by atoms with van der Waals surface area (Å²) in [5, 5.41) is 11.8. The van der Waals surface area contributed by atoms with Crippen molar-refractivity contribution in [1.29, 1.82) is 0 Å². The Morgan fingerprint density at radius 2 is 1.93 bits per heavy atom. The van der Waals surface area contributed by atoms with Crippen molar-refractivity contribution in [2.24, 2.45) is 0 Å². The van der Waals surface area contributed by atoms with Crippen molar-refractivity contribution < 1.29 is 9.21 Å². The minimum Gasteiger partial charge on any atom is -0.467 e. The normalized spacial score (nSPS) is 14.5. The van der Waals surface area contributed by atoms with Crippen molar-refractivity contribution in [3.63, 3.8) is 0 Å². The van der Waals surface area contributed by atoms with E-state index in [0.717, 1.165) is 60.0 Å². The molecule has 0 atom stereocenters. The lowest BCUT2D eigenvalue weighted by molar-refractivity contribution is -0.121. The van der Waals surface area contributed by atoms with Gasteiger partial charge in [-0.25, -0.2) is 4.98 Å². The zero-order valence-electron chi connectivity index (χ0n) is 16.8. The topological polar surface area (TPSA) is 88.6 Å². The number of rotatable bonds is 6. The number of para-hydroxylation sites is 2. The van der Waals surface area contributed by atoms with Crippen LogP contribution >= 0.6 is 0 Å². The van der Waals surface area contributed by atoms with Gasteiger partial charge in [0.05, 0.1) is 23.8 Å². The predicted octanol–water partition coefficient (Wildman–Crippen LogP) is 3.11. The first-order chi connectivity index (χ1) is 14.8. The van der Waals surface area contributed by atoms with Gasteiger partial charge in [0, 0.05) is 25.9 Å². The fourth-order valence-corrected chi connectivity index (χ4v) is 4.02. The molecule has 30 heavy (non-hydrogen) atoms. The van der Waals surface area contributed by atoms with Crippen molar-refractivity contribution >= 4 is 28.4 Å². The quantitative estimate of drug-likeness (QED) is 0.531. The third-order valence-corrected chi connectivity index (χ3v) is 5.55. The van der Waals surface area contributed by atoms with Gasteiger partial charge >= 0.3 is 0 Å². The van der Waals surface area contributed by atoms with Crippen LogP contribution in [0.1, 0.15) is 37.3 Å². The second-order valence-electron chi connectivity index (χ2n) is 7.60. The number of carbonyl (C=O) groups is 1. The highest BCUT2D eigenvalue weighted by Crippen LogP contribution is 2.27. The lowest BCUT2D eigenvalue weighted by Crippen LogP contribution is -2.30. The molecule has 1 saturated heterocycles. The summed E-state index contributed by atoms with van der Waals surface area (Å²) in [6.07, 6.45) is 6.01. The highest BCUT2D eigenvalue weighted by Gasteiger charge is 2.21. The molecule has 0 radical (unpaired) electrons. The molecule has 3 aromatic heterocycles. The van der Waals surface area contributed by atoms with Crippen LogP contribution in [0, 0.1) is 0 Å². The summed E-state index contributed by atoms with van der Waals surface area (Å²) < 4.78 is 7.32. The molecule has 8 heteroatoms. The second-order valence-corrected chi connectivity index (χ2v) is 7.60. The van der Waals surface area contributed by atoms with Crippen molar-refractivity contribution in [1.82, 2.24) is 24.9 Å². The Balaban J connectivity index is 1.42. The maximum atomic E-state index is 12.3. The zero-order valence-corrected chi connectivity index (χ0v) is 16.8. The highest BCUT2D eigenvalue weighted by atomic mass is 16.3. The first-order valence-electron chi connectivity index (χ1n) is 10.5. The number of aromatic nitrogens is 4. The van der Waals surface area contributed by atoms with Crippen molar-refractivity contribution in [3.05, 3.63) is 54.2 Å². The molecule has 4 aromatic rings. The third kappa shape index (κ3) is 3.60. The van der Waals surface area contributed by atoms with Gasteiger partial charge in [-0.15, -0.1) is 10.2 Å². The standard InChI is InChI=1S/C22H24N6O2/c29-20(23-15-16-7-6-14-30-16)11-10-19-25-26-22-21(27-12-4-1-5-13-27)24-17-8-2-3-9-18(17)28(19)22/h2-3,6-9,14H,1,4-5,10-13,15H2,(H,23,29). The van der Waals surface area contributed by atoms with Crippen LogP contribution in [0.25, 0.3) is 16.7 Å². The number of hydrogen-bond donors (Lipinski definition) is 1. The maximum absolute atomic E-state index is 12.3. The smallest absolute Gasteiger partial charge is 0.220 e. The number of anilines is 1. The molecule has 1 aliphatic rings. The lowest BCUT2D eigenvalue weighted by Gasteiger charge is -2.28. The largest absolute Gasteiger partial charge is 0.467 e. The van der Waals surface area contributed by atoms with Crippen LogP contribution in [0.2, 0.25) is 0 Å². The van der Waals surface area contributed by atoms with Gasteiger partial charge in [0.25, 0.3) is 0 Å². The fourth-order valence-electron chi connectivity index (χ4n) is 4.02.